The maximum Gasteiger partial charge on any atom is 0.231 e. The van der Waals surface area contributed by atoms with Gasteiger partial charge in [0.25, 0.3) is 0 Å². The van der Waals surface area contributed by atoms with E-state index in [0.717, 1.165) is 22.6 Å². The molecule has 0 aliphatic carbocycles. The molecule has 98 valence electrons. The fourth-order valence-electron chi connectivity index (χ4n) is 1.79. The van der Waals surface area contributed by atoms with E-state index in [4.69, 9.17) is 19.9 Å². The van der Waals surface area contributed by atoms with E-state index in [2.05, 4.69) is 4.98 Å². The summed E-state index contributed by atoms with van der Waals surface area (Å²) < 4.78 is 16.2. The Morgan fingerprint density at radius 2 is 2.11 bits per heavy atom. The van der Waals surface area contributed by atoms with Crippen molar-refractivity contribution in [1.29, 1.82) is 0 Å². The Morgan fingerprint density at radius 3 is 2.95 bits per heavy atom. The first-order valence-corrected chi connectivity index (χ1v) is 5.96. The number of nitrogen functional groups attached to an aromatic ring is 1. The Labute approximate surface area is 110 Å². The van der Waals surface area contributed by atoms with Gasteiger partial charge >= 0.3 is 0 Å². The largest absolute Gasteiger partial charge is 0.473 e. The van der Waals surface area contributed by atoms with Crippen molar-refractivity contribution in [3.8, 4) is 17.4 Å². The molecule has 5 heteroatoms. The predicted octanol–water partition coefficient (Wildman–Crippen LogP) is 2.28. The number of hydrogen-bond donors (Lipinski definition) is 1. The Morgan fingerprint density at radius 1 is 1.26 bits per heavy atom. The second-order valence-corrected chi connectivity index (χ2v) is 4.36. The molecule has 2 aromatic rings. The maximum atomic E-state index is 5.81. The number of nitrogens with two attached hydrogens (primary N) is 1. The highest BCUT2D eigenvalue weighted by atomic mass is 16.7. The van der Waals surface area contributed by atoms with Gasteiger partial charge in [-0.1, -0.05) is 6.07 Å². The number of hydrogen-bond acceptors (Lipinski definition) is 5. The van der Waals surface area contributed by atoms with Crippen LogP contribution in [0, 0.1) is 6.92 Å². The summed E-state index contributed by atoms with van der Waals surface area (Å²) in [4.78, 5) is 4.17. The van der Waals surface area contributed by atoms with Gasteiger partial charge in [0.2, 0.25) is 12.7 Å². The molecule has 0 amide bonds. The first kappa shape index (κ1) is 11.6. The molecular formula is C14H14N2O3. The highest BCUT2D eigenvalue weighted by molar-refractivity contribution is 5.47. The fourth-order valence-corrected chi connectivity index (χ4v) is 1.79. The van der Waals surface area contributed by atoms with Gasteiger partial charge in [-0.2, -0.15) is 0 Å². The monoisotopic (exact) mass is 258 g/mol. The Balaban J connectivity index is 1.70. The summed E-state index contributed by atoms with van der Waals surface area (Å²) in [5, 5.41) is 0. The van der Waals surface area contributed by atoms with Crippen molar-refractivity contribution in [2.75, 3.05) is 12.5 Å². The van der Waals surface area contributed by atoms with Crippen LogP contribution in [0.15, 0.2) is 30.5 Å². The van der Waals surface area contributed by atoms with Crippen LogP contribution in [0.2, 0.25) is 0 Å². The number of nitrogens with zero attached hydrogens (tertiary/aromatic N) is 1. The summed E-state index contributed by atoms with van der Waals surface area (Å²) in [6, 6.07) is 7.44. The van der Waals surface area contributed by atoms with Crippen molar-refractivity contribution < 1.29 is 14.2 Å². The molecule has 3 rings (SSSR count). The third-order valence-corrected chi connectivity index (χ3v) is 2.94. The minimum Gasteiger partial charge on any atom is -0.473 e. The summed E-state index contributed by atoms with van der Waals surface area (Å²) in [6.45, 7) is 2.59. The van der Waals surface area contributed by atoms with Gasteiger partial charge in [0.05, 0.1) is 0 Å². The lowest BCUT2D eigenvalue weighted by Gasteiger charge is -2.07. The number of aromatic nitrogens is 1. The highest BCUT2D eigenvalue weighted by Gasteiger charge is 2.13. The van der Waals surface area contributed by atoms with Crippen molar-refractivity contribution >= 4 is 5.69 Å². The van der Waals surface area contributed by atoms with E-state index in [1.165, 1.54) is 0 Å². The molecule has 0 spiro atoms. The number of anilines is 1. The van der Waals surface area contributed by atoms with Gasteiger partial charge in [-0.15, -0.1) is 0 Å². The molecule has 1 aliphatic rings. The van der Waals surface area contributed by atoms with E-state index in [9.17, 15) is 0 Å². The van der Waals surface area contributed by atoms with Gasteiger partial charge in [-0.25, -0.2) is 4.98 Å². The number of fused-ring (bicyclic) bond motifs is 1. The van der Waals surface area contributed by atoms with E-state index in [1.807, 2.05) is 25.1 Å². The third-order valence-electron chi connectivity index (χ3n) is 2.94. The van der Waals surface area contributed by atoms with Gasteiger partial charge in [0.15, 0.2) is 11.5 Å². The van der Waals surface area contributed by atoms with Crippen LogP contribution in [0.5, 0.6) is 17.4 Å². The Bertz CT molecular complexity index is 614. The van der Waals surface area contributed by atoms with Crippen LogP contribution in [0.1, 0.15) is 11.1 Å². The lowest BCUT2D eigenvalue weighted by atomic mass is 10.2. The van der Waals surface area contributed by atoms with E-state index < -0.39 is 0 Å². The van der Waals surface area contributed by atoms with Crippen LogP contribution in [0.3, 0.4) is 0 Å². The van der Waals surface area contributed by atoms with Crippen LogP contribution in [-0.2, 0) is 6.61 Å². The molecule has 0 fully saturated rings. The summed E-state index contributed by atoms with van der Waals surface area (Å²) >= 11 is 0. The van der Waals surface area contributed by atoms with Gasteiger partial charge < -0.3 is 19.9 Å². The lowest BCUT2D eigenvalue weighted by Crippen LogP contribution is -1.99. The SMILES string of the molecule is Cc1cnc(OCc2ccc3c(c2)OCO3)cc1N. The van der Waals surface area contributed by atoms with E-state index >= 15 is 0 Å². The van der Waals surface area contributed by atoms with Crippen LogP contribution in [0.25, 0.3) is 0 Å². The molecule has 0 atom stereocenters. The number of aryl methyl sites for hydroxylation is 1. The zero-order chi connectivity index (χ0) is 13.2. The maximum absolute atomic E-state index is 5.81. The van der Waals surface area contributed by atoms with Crippen molar-refractivity contribution in [1.82, 2.24) is 4.98 Å². The minimum absolute atomic E-state index is 0.274. The van der Waals surface area contributed by atoms with Crippen LogP contribution < -0.4 is 19.9 Å². The number of ether oxygens (including phenoxy) is 3. The Kier molecular flexibility index (Phi) is 2.87. The Hall–Kier alpha value is -2.43. The molecule has 1 aliphatic heterocycles. The molecule has 5 nitrogen and oxygen atoms in total. The van der Waals surface area contributed by atoms with Gasteiger partial charge in [-0.3, -0.25) is 0 Å². The molecule has 0 radical (unpaired) electrons. The van der Waals surface area contributed by atoms with E-state index in [0.29, 0.717) is 18.2 Å². The summed E-state index contributed by atoms with van der Waals surface area (Å²) in [7, 11) is 0. The molecule has 2 heterocycles. The number of rotatable bonds is 3. The topological polar surface area (TPSA) is 66.6 Å². The first-order chi connectivity index (χ1) is 9.22. The standard InChI is InChI=1S/C14H14N2O3/c1-9-6-16-14(5-11(9)15)17-7-10-2-3-12-13(4-10)19-8-18-12/h2-6H,7-8H2,1H3,(H2,15,16). The van der Waals surface area contributed by atoms with Crippen LogP contribution >= 0.6 is 0 Å². The first-order valence-electron chi connectivity index (χ1n) is 5.96. The third kappa shape index (κ3) is 2.40. The average Bonchev–Trinajstić information content (AvgIpc) is 2.87. The molecule has 0 unspecified atom stereocenters. The number of benzene rings is 1. The molecule has 19 heavy (non-hydrogen) atoms. The molecule has 0 saturated heterocycles. The van der Waals surface area contributed by atoms with E-state index in [1.54, 1.807) is 12.3 Å². The highest BCUT2D eigenvalue weighted by Crippen LogP contribution is 2.32. The summed E-state index contributed by atoms with van der Waals surface area (Å²) in [5.41, 5.74) is 8.41. The predicted molar refractivity (Wildman–Crippen MR) is 70.3 cm³/mol. The zero-order valence-electron chi connectivity index (χ0n) is 10.6. The van der Waals surface area contributed by atoms with Crippen molar-refractivity contribution in [2.24, 2.45) is 0 Å². The van der Waals surface area contributed by atoms with Crippen molar-refractivity contribution in [2.45, 2.75) is 13.5 Å². The molecule has 0 bridgehead atoms. The zero-order valence-corrected chi connectivity index (χ0v) is 10.6. The fraction of sp³-hybridized carbons (Fsp3) is 0.214. The smallest absolute Gasteiger partial charge is 0.231 e. The van der Waals surface area contributed by atoms with Gasteiger partial charge in [0.1, 0.15) is 6.61 Å². The second-order valence-electron chi connectivity index (χ2n) is 4.36. The van der Waals surface area contributed by atoms with Crippen LogP contribution in [0.4, 0.5) is 5.69 Å². The van der Waals surface area contributed by atoms with Gasteiger partial charge in [-0.05, 0) is 30.2 Å². The second kappa shape index (κ2) is 4.68. The average molecular weight is 258 g/mol. The van der Waals surface area contributed by atoms with Gasteiger partial charge in [0, 0.05) is 18.0 Å². The normalized spacial score (nSPS) is 12.5. The number of pyridine rings is 1. The van der Waals surface area contributed by atoms with E-state index in [-0.39, 0.29) is 6.79 Å². The van der Waals surface area contributed by atoms with Crippen molar-refractivity contribution in [3.05, 3.63) is 41.6 Å². The quantitative estimate of drug-likeness (QED) is 0.914. The summed E-state index contributed by atoms with van der Waals surface area (Å²) in [6.07, 6.45) is 1.70. The van der Waals surface area contributed by atoms with Crippen LogP contribution in [-0.4, -0.2) is 11.8 Å². The molecule has 0 saturated carbocycles. The summed E-state index contributed by atoms with van der Waals surface area (Å²) in [5.74, 6) is 2.03. The minimum atomic E-state index is 0.274. The molecule has 2 N–H and O–H groups in total. The lowest BCUT2D eigenvalue weighted by molar-refractivity contribution is 0.174. The molecule has 1 aromatic carbocycles. The van der Waals surface area contributed by atoms with Crippen molar-refractivity contribution in [3.63, 3.8) is 0 Å². The molecule has 1 aromatic heterocycles. The molecular weight excluding hydrogens is 244 g/mol.